The van der Waals surface area contributed by atoms with Crippen LogP contribution < -0.4 is 10.1 Å². The van der Waals surface area contributed by atoms with Crippen molar-refractivity contribution in [1.29, 1.82) is 0 Å². The second-order valence-electron chi connectivity index (χ2n) is 5.22. The molecule has 0 bridgehead atoms. The molecular weight excluding hydrogens is 391 g/mol. The van der Waals surface area contributed by atoms with Gasteiger partial charge in [-0.25, -0.2) is 0 Å². The summed E-state index contributed by atoms with van der Waals surface area (Å²) in [6.45, 7) is 2.45. The summed E-state index contributed by atoms with van der Waals surface area (Å²) in [6, 6.07) is 15.8. The molecule has 2 aromatic carbocycles. The van der Waals surface area contributed by atoms with Gasteiger partial charge in [0.2, 0.25) is 5.91 Å². The van der Waals surface area contributed by atoms with Crippen molar-refractivity contribution in [3.8, 4) is 5.75 Å². The summed E-state index contributed by atoms with van der Waals surface area (Å²) in [5.74, 6) is 0.920. The van der Waals surface area contributed by atoms with Gasteiger partial charge < -0.3 is 10.1 Å². The van der Waals surface area contributed by atoms with Gasteiger partial charge in [0, 0.05) is 27.9 Å². The number of fused-ring (bicyclic) bond motifs is 1. The summed E-state index contributed by atoms with van der Waals surface area (Å²) < 4.78 is 6.87. The highest BCUT2D eigenvalue weighted by Gasteiger charge is 2.17. The monoisotopic (exact) mass is 408 g/mol. The van der Waals surface area contributed by atoms with Crippen LogP contribution in [0.25, 0.3) is 0 Å². The average molecular weight is 408 g/mol. The van der Waals surface area contributed by atoms with Crippen molar-refractivity contribution < 1.29 is 9.53 Å². The number of ether oxygens (including phenoxy) is 1. The molecule has 4 nitrogen and oxygen atoms in total. The molecule has 22 heavy (non-hydrogen) atoms. The summed E-state index contributed by atoms with van der Waals surface area (Å²) in [4.78, 5) is 14.3. The van der Waals surface area contributed by atoms with E-state index in [9.17, 15) is 4.79 Å². The minimum atomic E-state index is 0.000546. The van der Waals surface area contributed by atoms with Gasteiger partial charge in [0.1, 0.15) is 12.4 Å². The molecule has 5 heteroatoms. The number of hydrogen-bond donors (Lipinski definition) is 1. The standard InChI is InChI=1S/C17H17IN2O2/c18-14-5-7-15(8-6-14)19-17(21)12-20-9-10-22-16-4-2-1-3-13(16)11-20/h1-8H,9-12H2,(H,19,21). The third kappa shape index (κ3) is 3.98. The maximum Gasteiger partial charge on any atom is 0.238 e. The molecule has 1 aliphatic heterocycles. The van der Waals surface area contributed by atoms with Crippen molar-refractivity contribution in [1.82, 2.24) is 4.90 Å². The molecule has 114 valence electrons. The molecule has 1 aliphatic rings. The van der Waals surface area contributed by atoms with Gasteiger partial charge in [0.05, 0.1) is 6.54 Å². The smallest absolute Gasteiger partial charge is 0.238 e. The predicted molar refractivity (Wildman–Crippen MR) is 95.0 cm³/mol. The van der Waals surface area contributed by atoms with E-state index in [0.717, 1.165) is 33.7 Å². The first-order chi connectivity index (χ1) is 10.7. The lowest BCUT2D eigenvalue weighted by molar-refractivity contribution is -0.117. The summed E-state index contributed by atoms with van der Waals surface area (Å²) in [5, 5.41) is 2.94. The Labute approximate surface area is 143 Å². The topological polar surface area (TPSA) is 41.6 Å². The highest BCUT2D eigenvalue weighted by atomic mass is 127. The molecule has 0 aromatic heterocycles. The third-order valence-electron chi connectivity index (χ3n) is 3.53. The van der Waals surface area contributed by atoms with Crippen LogP contribution in [0.5, 0.6) is 5.75 Å². The van der Waals surface area contributed by atoms with Gasteiger partial charge in [-0.05, 0) is 52.9 Å². The molecule has 0 radical (unpaired) electrons. The maximum atomic E-state index is 12.2. The van der Waals surface area contributed by atoms with E-state index in [-0.39, 0.29) is 5.91 Å². The number of hydrogen-bond acceptors (Lipinski definition) is 3. The number of rotatable bonds is 3. The summed E-state index contributed by atoms with van der Waals surface area (Å²) >= 11 is 2.24. The summed E-state index contributed by atoms with van der Waals surface area (Å²) in [6.07, 6.45) is 0. The fourth-order valence-electron chi connectivity index (χ4n) is 2.45. The second kappa shape index (κ2) is 7.11. The minimum Gasteiger partial charge on any atom is -0.492 e. The van der Waals surface area contributed by atoms with E-state index in [1.807, 2.05) is 48.5 Å². The first kappa shape index (κ1) is 15.3. The van der Waals surface area contributed by atoms with Crippen LogP contribution in [0.2, 0.25) is 0 Å². The van der Waals surface area contributed by atoms with Crippen molar-refractivity contribution in [2.45, 2.75) is 6.54 Å². The van der Waals surface area contributed by atoms with Crippen LogP contribution in [-0.2, 0) is 11.3 Å². The van der Waals surface area contributed by atoms with E-state index < -0.39 is 0 Å². The molecule has 0 saturated carbocycles. The number of para-hydroxylation sites is 1. The molecular formula is C17H17IN2O2. The van der Waals surface area contributed by atoms with Crippen molar-refractivity contribution in [2.75, 3.05) is 25.0 Å². The van der Waals surface area contributed by atoms with Crippen LogP contribution in [0.1, 0.15) is 5.56 Å². The first-order valence-corrected chi connectivity index (χ1v) is 8.27. The van der Waals surface area contributed by atoms with Crippen LogP contribution in [0.15, 0.2) is 48.5 Å². The number of anilines is 1. The molecule has 3 rings (SSSR count). The van der Waals surface area contributed by atoms with E-state index in [1.165, 1.54) is 0 Å². The summed E-state index contributed by atoms with van der Waals surface area (Å²) in [5.41, 5.74) is 1.96. The molecule has 0 unspecified atom stereocenters. The van der Waals surface area contributed by atoms with Crippen LogP contribution in [-0.4, -0.2) is 30.5 Å². The van der Waals surface area contributed by atoms with Gasteiger partial charge in [-0.2, -0.15) is 0 Å². The van der Waals surface area contributed by atoms with E-state index in [2.05, 4.69) is 32.8 Å². The molecule has 0 fully saturated rings. The minimum absolute atomic E-state index is 0.000546. The number of amides is 1. The number of nitrogens with one attached hydrogen (secondary N) is 1. The molecule has 2 aromatic rings. The van der Waals surface area contributed by atoms with Crippen molar-refractivity contribution in [3.63, 3.8) is 0 Å². The Kier molecular flexibility index (Phi) is 4.94. The van der Waals surface area contributed by atoms with Crippen LogP contribution in [0.4, 0.5) is 5.69 Å². The van der Waals surface area contributed by atoms with Gasteiger partial charge in [-0.1, -0.05) is 18.2 Å². The zero-order valence-electron chi connectivity index (χ0n) is 12.1. The number of nitrogens with zero attached hydrogens (tertiary/aromatic N) is 1. The Bertz CT molecular complexity index is 658. The Morgan fingerprint density at radius 2 is 1.95 bits per heavy atom. The Hall–Kier alpha value is -1.60. The zero-order chi connectivity index (χ0) is 15.4. The fraction of sp³-hybridized carbons (Fsp3) is 0.235. The van der Waals surface area contributed by atoms with Gasteiger partial charge in [0.15, 0.2) is 0 Å². The maximum absolute atomic E-state index is 12.2. The highest BCUT2D eigenvalue weighted by molar-refractivity contribution is 14.1. The zero-order valence-corrected chi connectivity index (χ0v) is 14.2. The first-order valence-electron chi connectivity index (χ1n) is 7.19. The lowest BCUT2D eigenvalue weighted by atomic mass is 10.2. The van der Waals surface area contributed by atoms with Crippen LogP contribution in [0, 0.1) is 3.57 Å². The number of halogens is 1. The number of benzene rings is 2. The van der Waals surface area contributed by atoms with Gasteiger partial charge in [-0.3, -0.25) is 9.69 Å². The molecule has 1 N–H and O–H groups in total. The fourth-order valence-corrected chi connectivity index (χ4v) is 2.81. The molecule has 0 atom stereocenters. The summed E-state index contributed by atoms with van der Waals surface area (Å²) in [7, 11) is 0. The Morgan fingerprint density at radius 3 is 2.77 bits per heavy atom. The largest absolute Gasteiger partial charge is 0.492 e. The van der Waals surface area contributed by atoms with E-state index in [4.69, 9.17) is 4.74 Å². The molecule has 0 spiro atoms. The number of carbonyl (C=O) groups is 1. The van der Waals surface area contributed by atoms with E-state index in [1.54, 1.807) is 0 Å². The second-order valence-corrected chi connectivity index (χ2v) is 6.47. The van der Waals surface area contributed by atoms with Gasteiger partial charge >= 0.3 is 0 Å². The van der Waals surface area contributed by atoms with E-state index >= 15 is 0 Å². The van der Waals surface area contributed by atoms with Crippen molar-refractivity contribution >= 4 is 34.2 Å². The lowest BCUT2D eigenvalue weighted by Crippen LogP contribution is -2.34. The average Bonchev–Trinajstić information content (AvgIpc) is 2.71. The Morgan fingerprint density at radius 1 is 1.18 bits per heavy atom. The quantitative estimate of drug-likeness (QED) is 0.794. The highest BCUT2D eigenvalue weighted by Crippen LogP contribution is 2.22. The Balaban J connectivity index is 1.61. The van der Waals surface area contributed by atoms with E-state index in [0.29, 0.717) is 13.2 Å². The van der Waals surface area contributed by atoms with Crippen molar-refractivity contribution in [2.24, 2.45) is 0 Å². The molecule has 0 saturated heterocycles. The van der Waals surface area contributed by atoms with Crippen LogP contribution in [0.3, 0.4) is 0 Å². The number of carbonyl (C=O) groups excluding carboxylic acids is 1. The molecule has 1 heterocycles. The molecule has 0 aliphatic carbocycles. The third-order valence-corrected chi connectivity index (χ3v) is 4.25. The van der Waals surface area contributed by atoms with Gasteiger partial charge in [0.25, 0.3) is 0 Å². The van der Waals surface area contributed by atoms with Crippen molar-refractivity contribution in [3.05, 3.63) is 57.7 Å². The SMILES string of the molecule is O=C(CN1CCOc2ccccc2C1)Nc1ccc(I)cc1. The van der Waals surface area contributed by atoms with Crippen LogP contribution >= 0.6 is 22.6 Å². The lowest BCUT2D eigenvalue weighted by Gasteiger charge is -2.18. The van der Waals surface area contributed by atoms with Gasteiger partial charge in [-0.15, -0.1) is 0 Å². The normalized spacial score (nSPS) is 14.6. The molecule has 1 amide bonds. The predicted octanol–water partition coefficient (Wildman–Crippen LogP) is 3.12.